The van der Waals surface area contributed by atoms with Gasteiger partial charge in [-0.05, 0) is 36.6 Å². The van der Waals surface area contributed by atoms with Crippen molar-refractivity contribution in [1.29, 1.82) is 0 Å². The highest BCUT2D eigenvalue weighted by Crippen LogP contribution is 2.26. The highest BCUT2D eigenvalue weighted by Gasteiger charge is 2.25. The molecule has 0 bridgehead atoms. The monoisotopic (exact) mass is 272 g/mol. The molecule has 1 N–H and O–H groups in total. The summed E-state index contributed by atoms with van der Waals surface area (Å²) in [7, 11) is 0. The molecule has 0 heterocycles. The molecule has 20 heavy (non-hydrogen) atoms. The Morgan fingerprint density at radius 2 is 1.70 bits per heavy atom. The quantitative estimate of drug-likeness (QED) is 0.906. The van der Waals surface area contributed by atoms with Gasteiger partial charge in [0.1, 0.15) is 11.6 Å². The van der Waals surface area contributed by atoms with Crippen molar-refractivity contribution in [3.8, 4) is 0 Å². The van der Waals surface area contributed by atoms with E-state index in [0.717, 1.165) is 11.1 Å². The predicted molar refractivity (Wildman–Crippen MR) is 75.7 cm³/mol. The van der Waals surface area contributed by atoms with Crippen LogP contribution in [0.1, 0.15) is 24.2 Å². The molecule has 0 saturated heterocycles. The van der Waals surface area contributed by atoms with Crippen molar-refractivity contribution in [1.82, 2.24) is 0 Å². The van der Waals surface area contributed by atoms with Crippen LogP contribution in [0.3, 0.4) is 0 Å². The van der Waals surface area contributed by atoms with Crippen LogP contribution >= 0.6 is 0 Å². The van der Waals surface area contributed by atoms with Crippen molar-refractivity contribution in [2.24, 2.45) is 5.92 Å². The lowest BCUT2D eigenvalue weighted by Gasteiger charge is -2.21. The van der Waals surface area contributed by atoms with Crippen LogP contribution in [0, 0.1) is 11.7 Å². The zero-order chi connectivity index (χ0) is 14.5. The molecule has 2 rings (SSSR count). The van der Waals surface area contributed by atoms with Gasteiger partial charge in [0.2, 0.25) is 0 Å². The first kappa shape index (κ1) is 14.4. The lowest BCUT2D eigenvalue weighted by atomic mass is 9.87. The zero-order valence-corrected chi connectivity index (χ0v) is 11.3. The number of carbonyl (C=O) groups is 1. The highest BCUT2D eigenvalue weighted by molar-refractivity contribution is 5.79. The van der Waals surface area contributed by atoms with E-state index in [0.29, 0.717) is 6.42 Å². The second-order valence-corrected chi connectivity index (χ2v) is 4.90. The Labute approximate surface area is 117 Å². The number of ketones is 1. The summed E-state index contributed by atoms with van der Waals surface area (Å²) in [6.07, 6.45) is -0.454. The molecule has 0 fully saturated rings. The van der Waals surface area contributed by atoms with E-state index < -0.39 is 12.0 Å². The van der Waals surface area contributed by atoms with Gasteiger partial charge in [-0.1, -0.05) is 42.5 Å². The Morgan fingerprint density at radius 1 is 1.10 bits per heavy atom. The van der Waals surface area contributed by atoms with Crippen LogP contribution in [0.15, 0.2) is 54.6 Å². The van der Waals surface area contributed by atoms with Crippen LogP contribution in [0.25, 0.3) is 0 Å². The van der Waals surface area contributed by atoms with E-state index in [9.17, 15) is 14.3 Å². The summed E-state index contributed by atoms with van der Waals surface area (Å²) in [5.74, 6) is -0.912. The van der Waals surface area contributed by atoms with Crippen molar-refractivity contribution in [2.45, 2.75) is 19.4 Å². The largest absolute Gasteiger partial charge is 0.388 e. The zero-order valence-electron chi connectivity index (χ0n) is 11.3. The van der Waals surface area contributed by atoms with Crippen molar-refractivity contribution in [3.63, 3.8) is 0 Å². The van der Waals surface area contributed by atoms with Gasteiger partial charge in [0.15, 0.2) is 0 Å². The third-order valence-corrected chi connectivity index (χ3v) is 3.41. The van der Waals surface area contributed by atoms with E-state index in [1.54, 1.807) is 24.3 Å². The number of rotatable bonds is 5. The summed E-state index contributed by atoms with van der Waals surface area (Å²) in [6, 6.07) is 15.1. The van der Waals surface area contributed by atoms with Crippen molar-refractivity contribution >= 4 is 5.78 Å². The van der Waals surface area contributed by atoms with Gasteiger partial charge in [-0.2, -0.15) is 0 Å². The average Bonchev–Trinajstić information content (AvgIpc) is 2.46. The maximum atomic E-state index is 12.9. The van der Waals surface area contributed by atoms with Crippen molar-refractivity contribution in [3.05, 3.63) is 71.5 Å². The molecule has 2 atom stereocenters. The molecular weight excluding hydrogens is 255 g/mol. The Balaban J connectivity index is 2.19. The molecule has 3 heteroatoms. The van der Waals surface area contributed by atoms with Crippen LogP contribution < -0.4 is 0 Å². The molecule has 0 aliphatic heterocycles. The summed E-state index contributed by atoms with van der Waals surface area (Å²) in [5.41, 5.74) is 1.55. The molecule has 0 unspecified atom stereocenters. The Kier molecular flexibility index (Phi) is 4.64. The molecule has 0 spiro atoms. The lowest BCUT2D eigenvalue weighted by Crippen LogP contribution is -2.22. The minimum Gasteiger partial charge on any atom is -0.388 e. The number of hydrogen-bond acceptors (Lipinski definition) is 2. The molecule has 0 saturated carbocycles. The lowest BCUT2D eigenvalue weighted by molar-refractivity contribution is -0.124. The first-order valence-corrected chi connectivity index (χ1v) is 6.56. The standard InChI is InChI=1S/C17H17FO2/c1-12(19)16(11-13-7-9-15(18)10-8-13)17(20)14-5-3-2-4-6-14/h2-10,16-17,20H,11H2,1H3/t16-,17-/m0/s1. The molecule has 2 aromatic carbocycles. The molecular formula is C17H17FO2. The minimum atomic E-state index is -0.848. The minimum absolute atomic E-state index is 0.0781. The maximum absolute atomic E-state index is 12.9. The summed E-state index contributed by atoms with van der Waals surface area (Å²) in [6.45, 7) is 1.47. The Bertz CT molecular complexity index is 563. The van der Waals surface area contributed by atoms with E-state index in [1.807, 2.05) is 18.2 Å². The fourth-order valence-corrected chi connectivity index (χ4v) is 2.23. The first-order chi connectivity index (χ1) is 9.58. The number of hydrogen-bond donors (Lipinski definition) is 1. The number of carbonyl (C=O) groups excluding carboxylic acids is 1. The molecule has 104 valence electrons. The normalized spacial score (nSPS) is 13.8. The molecule has 2 nitrogen and oxygen atoms in total. The van der Waals surface area contributed by atoms with Crippen LogP contribution in [-0.4, -0.2) is 10.9 Å². The van der Waals surface area contributed by atoms with Crippen LogP contribution in [-0.2, 0) is 11.2 Å². The smallest absolute Gasteiger partial charge is 0.136 e. The number of aliphatic hydroxyl groups excluding tert-OH is 1. The molecule has 0 amide bonds. The van der Waals surface area contributed by atoms with Gasteiger partial charge in [0, 0.05) is 0 Å². The third kappa shape index (κ3) is 3.52. The van der Waals surface area contributed by atoms with Gasteiger partial charge in [0.05, 0.1) is 12.0 Å². The Hall–Kier alpha value is -2.00. The van der Waals surface area contributed by atoms with Gasteiger partial charge >= 0.3 is 0 Å². The fourth-order valence-electron chi connectivity index (χ4n) is 2.23. The van der Waals surface area contributed by atoms with Gasteiger partial charge in [-0.25, -0.2) is 4.39 Å². The van der Waals surface area contributed by atoms with Crippen LogP contribution in [0.2, 0.25) is 0 Å². The van der Waals surface area contributed by atoms with Gasteiger partial charge in [0.25, 0.3) is 0 Å². The number of aliphatic hydroxyl groups is 1. The topological polar surface area (TPSA) is 37.3 Å². The van der Waals surface area contributed by atoms with E-state index in [1.165, 1.54) is 19.1 Å². The SMILES string of the molecule is CC(=O)[C@H](Cc1ccc(F)cc1)[C@@H](O)c1ccccc1. The van der Waals surface area contributed by atoms with Gasteiger partial charge < -0.3 is 5.11 Å². The average molecular weight is 272 g/mol. The third-order valence-electron chi connectivity index (χ3n) is 3.41. The van der Waals surface area contributed by atoms with E-state index in [4.69, 9.17) is 0 Å². The second kappa shape index (κ2) is 6.44. The van der Waals surface area contributed by atoms with Crippen molar-refractivity contribution in [2.75, 3.05) is 0 Å². The van der Waals surface area contributed by atoms with Crippen molar-refractivity contribution < 1.29 is 14.3 Å². The summed E-state index contributed by atoms with van der Waals surface area (Å²) >= 11 is 0. The fraction of sp³-hybridized carbons (Fsp3) is 0.235. The number of halogens is 1. The maximum Gasteiger partial charge on any atom is 0.136 e. The second-order valence-electron chi connectivity index (χ2n) is 4.90. The molecule has 0 aliphatic carbocycles. The van der Waals surface area contributed by atoms with Crippen LogP contribution in [0.5, 0.6) is 0 Å². The van der Waals surface area contributed by atoms with E-state index >= 15 is 0 Å². The van der Waals surface area contributed by atoms with E-state index in [-0.39, 0.29) is 11.6 Å². The highest BCUT2D eigenvalue weighted by atomic mass is 19.1. The first-order valence-electron chi connectivity index (χ1n) is 6.56. The van der Waals surface area contributed by atoms with E-state index in [2.05, 4.69) is 0 Å². The van der Waals surface area contributed by atoms with Crippen LogP contribution in [0.4, 0.5) is 4.39 Å². The van der Waals surface area contributed by atoms with Gasteiger partial charge in [-0.15, -0.1) is 0 Å². The summed E-state index contributed by atoms with van der Waals surface area (Å²) in [4.78, 5) is 11.8. The summed E-state index contributed by atoms with van der Waals surface area (Å²) < 4.78 is 12.9. The summed E-state index contributed by atoms with van der Waals surface area (Å²) in [5, 5.41) is 10.4. The number of benzene rings is 2. The predicted octanol–water partition coefficient (Wildman–Crippen LogP) is 3.31. The molecule has 0 aromatic heterocycles. The molecule has 2 aromatic rings. The molecule has 0 radical (unpaired) electrons. The van der Waals surface area contributed by atoms with Gasteiger partial charge in [-0.3, -0.25) is 4.79 Å². The molecule has 0 aliphatic rings. The number of Topliss-reactive ketones (excluding diaryl/α,β-unsaturated/α-hetero) is 1. The Morgan fingerprint density at radius 3 is 2.25 bits per heavy atom.